The number of piperidine rings is 1. The third kappa shape index (κ3) is 3.39. The van der Waals surface area contributed by atoms with Crippen LogP contribution in [0.3, 0.4) is 0 Å². The molecule has 0 amide bonds. The Kier molecular flexibility index (Phi) is 4.68. The highest BCUT2D eigenvalue weighted by atomic mass is 15.2. The Labute approximate surface area is 149 Å². The Hall–Kier alpha value is -2.36. The molecule has 4 nitrogen and oxygen atoms in total. The molecule has 1 N–H and O–H groups in total. The molecule has 0 aliphatic carbocycles. The number of hydrogen-bond acceptors (Lipinski definition) is 3. The van der Waals surface area contributed by atoms with E-state index >= 15 is 0 Å². The van der Waals surface area contributed by atoms with Gasteiger partial charge in [0.1, 0.15) is 5.69 Å². The molecule has 1 aromatic carbocycles. The Morgan fingerprint density at radius 2 is 2.00 bits per heavy atom. The van der Waals surface area contributed by atoms with Crippen LogP contribution in [0.5, 0.6) is 0 Å². The number of nitrogens with one attached hydrogen (secondary N) is 1. The van der Waals surface area contributed by atoms with Gasteiger partial charge in [-0.2, -0.15) is 0 Å². The van der Waals surface area contributed by atoms with Crippen LogP contribution in [0.15, 0.2) is 36.7 Å². The highest BCUT2D eigenvalue weighted by Crippen LogP contribution is 2.31. The largest absolute Gasteiger partial charge is 0.361 e. The molecule has 0 atom stereocenters. The molecule has 3 heterocycles. The summed E-state index contributed by atoms with van der Waals surface area (Å²) >= 11 is 0. The lowest BCUT2D eigenvalue weighted by Crippen LogP contribution is -2.31. The summed E-state index contributed by atoms with van der Waals surface area (Å²) in [6.45, 7) is 4.40. The number of aromatic nitrogens is 3. The van der Waals surface area contributed by atoms with Gasteiger partial charge in [0.25, 0.3) is 0 Å². The minimum Gasteiger partial charge on any atom is -0.361 e. The van der Waals surface area contributed by atoms with Crippen molar-refractivity contribution in [3.63, 3.8) is 0 Å². The summed E-state index contributed by atoms with van der Waals surface area (Å²) in [5, 5.41) is 1.23. The molecule has 4 heteroatoms. The van der Waals surface area contributed by atoms with E-state index in [1.807, 2.05) is 12.4 Å². The second-order valence-electron chi connectivity index (χ2n) is 6.96. The molecule has 2 aromatic heterocycles. The van der Waals surface area contributed by atoms with E-state index < -0.39 is 0 Å². The molecule has 4 rings (SSSR count). The van der Waals surface area contributed by atoms with Crippen molar-refractivity contribution in [2.75, 3.05) is 18.0 Å². The first-order valence-electron chi connectivity index (χ1n) is 9.53. The standard InChI is InChI=1S/C21H26N4/c1-2-3-7-18-15-23-20(21(24-18)25-12-5-4-6-13-25)17-9-8-16-10-11-22-19(16)14-17/h8-11,14-15,22H,2-7,12-13H2,1H3. The highest BCUT2D eigenvalue weighted by Gasteiger charge is 2.19. The summed E-state index contributed by atoms with van der Waals surface area (Å²) in [6.07, 6.45) is 11.1. The van der Waals surface area contributed by atoms with Gasteiger partial charge in [-0.05, 0) is 49.6 Å². The van der Waals surface area contributed by atoms with Gasteiger partial charge in [0.2, 0.25) is 0 Å². The van der Waals surface area contributed by atoms with Crippen molar-refractivity contribution >= 4 is 16.7 Å². The van der Waals surface area contributed by atoms with Crippen LogP contribution in [0, 0.1) is 0 Å². The van der Waals surface area contributed by atoms with Crippen LogP contribution in [-0.2, 0) is 6.42 Å². The molecule has 0 saturated carbocycles. The minimum absolute atomic E-state index is 1.01. The van der Waals surface area contributed by atoms with Crippen molar-refractivity contribution in [2.24, 2.45) is 0 Å². The summed E-state index contributed by atoms with van der Waals surface area (Å²) < 4.78 is 0. The van der Waals surface area contributed by atoms with Gasteiger partial charge >= 0.3 is 0 Å². The molecule has 0 bridgehead atoms. The van der Waals surface area contributed by atoms with Crippen LogP contribution in [0.4, 0.5) is 5.82 Å². The van der Waals surface area contributed by atoms with E-state index in [0.717, 1.165) is 47.8 Å². The molecule has 0 unspecified atom stereocenters. The summed E-state index contributed by atoms with van der Waals surface area (Å²) in [5.41, 5.74) is 4.43. The van der Waals surface area contributed by atoms with Crippen LogP contribution in [0.2, 0.25) is 0 Å². The molecule has 1 fully saturated rings. The molecule has 0 radical (unpaired) electrons. The zero-order chi connectivity index (χ0) is 17.1. The number of unbranched alkanes of at least 4 members (excludes halogenated alkanes) is 1. The lowest BCUT2D eigenvalue weighted by Gasteiger charge is -2.29. The Bertz CT molecular complexity index is 846. The molecule has 25 heavy (non-hydrogen) atoms. The fourth-order valence-electron chi connectivity index (χ4n) is 3.62. The van der Waals surface area contributed by atoms with Crippen LogP contribution in [-0.4, -0.2) is 28.0 Å². The fourth-order valence-corrected chi connectivity index (χ4v) is 3.62. The number of rotatable bonds is 5. The van der Waals surface area contributed by atoms with Crippen LogP contribution >= 0.6 is 0 Å². The van der Waals surface area contributed by atoms with Crippen molar-refractivity contribution < 1.29 is 0 Å². The Morgan fingerprint density at radius 1 is 1.12 bits per heavy atom. The average molecular weight is 334 g/mol. The minimum atomic E-state index is 1.01. The van der Waals surface area contributed by atoms with Gasteiger partial charge in [-0.1, -0.05) is 25.5 Å². The maximum atomic E-state index is 5.03. The van der Waals surface area contributed by atoms with Crippen molar-refractivity contribution in [3.05, 3.63) is 42.4 Å². The van der Waals surface area contributed by atoms with E-state index in [-0.39, 0.29) is 0 Å². The second-order valence-corrected chi connectivity index (χ2v) is 6.96. The molecule has 0 spiro atoms. The van der Waals surface area contributed by atoms with Crippen LogP contribution < -0.4 is 4.90 Å². The normalized spacial score (nSPS) is 15.0. The van der Waals surface area contributed by atoms with Crippen molar-refractivity contribution in [3.8, 4) is 11.3 Å². The number of nitrogens with zero attached hydrogens (tertiary/aromatic N) is 3. The van der Waals surface area contributed by atoms with Gasteiger partial charge in [-0.3, -0.25) is 4.98 Å². The number of benzene rings is 1. The maximum absolute atomic E-state index is 5.03. The first-order valence-corrected chi connectivity index (χ1v) is 9.53. The molecule has 3 aromatic rings. The first kappa shape index (κ1) is 16.1. The number of aryl methyl sites for hydroxylation is 1. The smallest absolute Gasteiger partial charge is 0.155 e. The SMILES string of the molecule is CCCCc1cnc(-c2ccc3cc[nH]c3c2)c(N2CCCCC2)n1. The predicted octanol–water partition coefficient (Wildman–Crippen LogP) is 4.96. The summed E-state index contributed by atoms with van der Waals surface area (Å²) in [6, 6.07) is 8.62. The number of hydrogen-bond donors (Lipinski definition) is 1. The van der Waals surface area contributed by atoms with Gasteiger partial charge in [0.15, 0.2) is 5.82 Å². The molecule has 1 saturated heterocycles. The van der Waals surface area contributed by atoms with Gasteiger partial charge in [-0.15, -0.1) is 0 Å². The van der Waals surface area contributed by atoms with E-state index in [1.165, 1.54) is 37.5 Å². The van der Waals surface area contributed by atoms with Crippen LogP contribution in [0.25, 0.3) is 22.2 Å². The van der Waals surface area contributed by atoms with Gasteiger partial charge in [-0.25, -0.2) is 4.98 Å². The molecule has 1 aliphatic rings. The quantitative estimate of drug-likeness (QED) is 0.717. The third-order valence-electron chi connectivity index (χ3n) is 5.07. The number of aromatic amines is 1. The predicted molar refractivity (Wildman–Crippen MR) is 104 cm³/mol. The summed E-state index contributed by atoms with van der Waals surface area (Å²) in [7, 11) is 0. The monoisotopic (exact) mass is 334 g/mol. The average Bonchev–Trinajstić information content (AvgIpc) is 3.14. The van der Waals surface area contributed by atoms with Gasteiger partial charge in [0, 0.05) is 36.6 Å². The zero-order valence-corrected chi connectivity index (χ0v) is 15.0. The third-order valence-corrected chi connectivity index (χ3v) is 5.07. The Balaban J connectivity index is 1.76. The van der Waals surface area contributed by atoms with Gasteiger partial charge < -0.3 is 9.88 Å². The first-order chi connectivity index (χ1) is 12.3. The van der Waals surface area contributed by atoms with Gasteiger partial charge in [0.05, 0.1) is 5.69 Å². The number of H-pyrrole nitrogens is 1. The number of fused-ring (bicyclic) bond motifs is 1. The summed E-state index contributed by atoms with van der Waals surface area (Å²) in [4.78, 5) is 15.6. The maximum Gasteiger partial charge on any atom is 0.155 e. The van der Waals surface area contributed by atoms with Crippen LogP contribution in [0.1, 0.15) is 44.7 Å². The van der Waals surface area contributed by atoms with Crippen molar-refractivity contribution in [1.29, 1.82) is 0 Å². The highest BCUT2D eigenvalue weighted by molar-refractivity contribution is 5.86. The van der Waals surface area contributed by atoms with E-state index in [4.69, 9.17) is 9.97 Å². The van der Waals surface area contributed by atoms with Crippen molar-refractivity contribution in [2.45, 2.75) is 45.4 Å². The molecule has 1 aliphatic heterocycles. The Morgan fingerprint density at radius 3 is 2.84 bits per heavy atom. The van der Waals surface area contributed by atoms with E-state index in [9.17, 15) is 0 Å². The fraction of sp³-hybridized carbons (Fsp3) is 0.429. The molecular weight excluding hydrogens is 308 g/mol. The van der Waals surface area contributed by atoms with E-state index in [1.54, 1.807) is 0 Å². The topological polar surface area (TPSA) is 44.8 Å². The molecular formula is C21H26N4. The zero-order valence-electron chi connectivity index (χ0n) is 15.0. The summed E-state index contributed by atoms with van der Waals surface area (Å²) in [5.74, 6) is 1.07. The lowest BCUT2D eigenvalue weighted by atomic mass is 10.1. The second kappa shape index (κ2) is 7.26. The number of anilines is 1. The van der Waals surface area contributed by atoms with E-state index in [2.05, 4.69) is 41.1 Å². The van der Waals surface area contributed by atoms with E-state index in [0.29, 0.717) is 0 Å². The molecule has 130 valence electrons. The lowest BCUT2D eigenvalue weighted by molar-refractivity contribution is 0.572. The van der Waals surface area contributed by atoms with Crippen molar-refractivity contribution in [1.82, 2.24) is 15.0 Å².